The number of aliphatic hydroxyl groups excluding tert-OH is 1. The second-order valence-electron chi connectivity index (χ2n) is 11.8. The maximum absolute atomic E-state index is 15.3. The third-order valence-electron chi connectivity index (χ3n) is 6.59. The summed E-state index contributed by atoms with van der Waals surface area (Å²) in [5, 5.41) is 18.0. The zero-order valence-electron chi connectivity index (χ0n) is 25.1. The average molecular weight is 653 g/mol. The van der Waals surface area contributed by atoms with Gasteiger partial charge in [-0.2, -0.15) is 5.10 Å². The highest BCUT2D eigenvalue weighted by Gasteiger charge is 2.28. The smallest absolute Gasteiger partial charge is 0.287 e. The van der Waals surface area contributed by atoms with Crippen molar-refractivity contribution in [2.24, 2.45) is 0 Å². The number of nitrogens with zero attached hydrogens (tertiary/aromatic N) is 4. The van der Waals surface area contributed by atoms with E-state index in [9.17, 15) is 8.78 Å². The summed E-state index contributed by atoms with van der Waals surface area (Å²) >= 11 is 4.93. The molecular formula is C29H36F4N6O3SSi. The summed E-state index contributed by atoms with van der Waals surface area (Å²) in [5.74, 6) is -6.03. The molecule has 4 rings (SSSR count). The van der Waals surface area contributed by atoms with E-state index < -0.39 is 44.5 Å². The van der Waals surface area contributed by atoms with Gasteiger partial charge in [0.15, 0.2) is 22.5 Å². The van der Waals surface area contributed by atoms with Gasteiger partial charge < -0.3 is 29.8 Å². The maximum atomic E-state index is 15.3. The molecule has 3 aromatic heterocycles. The van der Waals surface area contributed by atoms with Gasteiger partial charge in [0.2, 0.25) is 0 Å². The van der Waals surface area contributed by atoms with Gasteiger partial charge in [-0.1, -0.05) is 19.6 Å². The summed E-state index contributed by atoms with van der Waals surface area (Å²) < 4.78 is 72.6. The largest absolute Gasteiger partial charge is 0.450 e. The molecule has 3 N–H and O–H groups in total. The van der Waals surface area contributed by atoms with E-state index in [2.05, 4.69) is 40.4 Å². The lowest BCUT2D eigenvalue weighted by molar-refractivity contribution is -0.0442. The third-order valence-corrected chi connectivity index (χ3v) is 8.54. The van der Waals surface area contributed by atoms with Crippen molar-refractivity contribution in [3.05, 3.63) is 54.5 Å². The van der Waals surface area contributed by atoms with E-state index in [0.29, 0.717) is 23.2 Å². The number of pyridine rings is 1. The first kappa shape index (κ1) is 33.4. The first-order valence-electron chi connectivity index (χ1n) is 14.0. The summed E-state index contributed by atoms with van der Waals surface area (Å²) in [6, 6.07) is 6.24. The van der Waals surface area contributed by atoms with Crippen LogP contribution >= 0.6 is 12.2 Å². The number of rotatable bonds is 13. The number of hydrogen-bond acceptors (Lipinski definition) is 6. The van der Waals surface area contributed by atoms with E-state index in [-0.39, 0.29) is 29.3 Å². The van der Waals surface area contributed by atoms with Gasteiger partial charge in [-0.3, -0.25) is 4.68 Å². The quantitative estimate of drug-likeness (QED) is 0.0630. The number of thiocarbonyl (C=S) groups is 1. The molecule has 4 aromatic rings. The lowest BCUT2D eigenvalue weighted by Crippen LogP contribution is -2.40. The molecule has 1 aromatic carbocycles. The number of aliphatic hydroxyl groups is 1. The Labute approximate surface area is 259 Å². The SMILES string of the molecule is CC(C)n1nccc1-c1cn(COCC[Si](C)(C)C)c2nccc(Oc3c(F)cc(NC(=S)NCC(F)(F)CO)cc3F)c12. The van der Waals surface area contributed by atoms with Crippen LogP contribution in [0.2, 0.25) is 25.7 Å². The molecule has 0 saturated carbocycles. The van der Waals surface area contributed by atoms with E-state index in [1.165, 1.54) is 12.3 Å². The Balaban J connectivity index is 1.67. The molecule has 0 spiro atoms. The highest BCUT2D eigenvalue weighted by atomic mass is 32.1. The number of aromatic nitrogens is 4. The van der Waals surface area contributed by atoms with E-state index in [1.807, 2.05) is 35.4 Å². The third kappa shape index (κ3) is 8.14. The molecule has 0 amide bonds. The van der Waals surface area contributed by atoms with E-state index in [1.54, 1.807) is 6.20 Å². The van der Waals surface area contributed by atoms with Crippen LogP contribution in [-0.4, -0.2) is 63.3 Å². The number of ether oxygens (including phenoxy) is 2. The Kier molecular flexibility index (Phi) is 10.3. The summed E-state index contributed by atoms with van der Waals surface area (Å²) in [6.07, 6.45) is 5.02. The normalized spacial score (nSPS) is 12.2. The molecule has 15 heteroatoms. The lowest BCUT2D eigenvalue weighted by Gasteiger charge is -2.17. The minimum absolute atomic E-state index is 0.0257. The molecule has 0 radical (unpaired) electrons. The van der Waals surface area contributed by atoms with Crippen molar-refractivity contribution in [1.82, 2.24) is 24.6 Å². The van der Waals surface area contributed by atoms with Crippen LogP contribution in [0, 0.1) is 11.6 Å². The molecule has 0 atom stereocenters. The first-order chi connectivity index (χ1) is 20.7. The van der Waals surface area contributed by atoms with Gasteiger partial charge >= 0.3 is 0 Å². The predicted octanol–water partition coefficient (Wildman–Crippen LogP) is 6.78. The summed E-state index contributed by atoms with van der Waals surface area (Å²) in [5.41, 5.74) is 1.83. The van der Waals surface area contributed by atoms with Crippen LogP contribution in [0.25, 0.3) is 22.3 Å². The Morgan fingerprint density at radius 3 is 2.48 bits per heavy atom. The predicted molar refractivity (Wildman–Crippen MR) is 168 cm³/mol. The standard InChI is InChI=1S/C29H36F4N6O3SSi/c1-18(2)39-23(6-9-36-39)20-14-38(17-41-10-11-44(3,4)5)27-25(20)24(7-8-34-27)42-26-21(30)12-19(13-22(26)31)37-28(43)35-15-29(32,33)16-40/h6-9,12-14,18,40H,10-11,15-17H2,1-5H3,(H2,35,37,43). The van der Waals surface area contributed by atoms with E-state index in [4.69, 9.17) is 26.8 Å². The van der Waals surface area contributed by atoms with E-state index >= 15 is 8.78 Å². The molecule has 0 fully saturated rings. The number of hydrogen-bond donors (Lipinski definition) is 3. The fourth-order valence-electron chi connectivity index (χ4n) is 4.32. The topological polar surface area (TPSA) is 98.4 Å². The average Bonchev–Trinajstić information content (AvgIpc) is 3.57. The van der Waals surface area contributed by atoms with Crippen molar-refractivity contribution >= 4 is 42.1 Å². The van der Waals surface area contributed by atoms with Crippen LogP contribution in [-0.2, 0) is 11.5 Å². The highest BCUT2D eigenvalue weighted by Crippen LogP contribution is 2.40. The second kappa shape index (κ2) is 13.6. The number of nitrogens with one attached hydrogen (secondary N) is 2. The van der Waals surface area contributed by atoms with Crippen molar-refractivity contribution in [3.63, 3.8) is 0 Å². The summed E-state index contributed by atoms with van der Waals surface area (Å²) in [7, 11) is -1.30. The van der Waals surface area contributed by atoms with Crippen molar-refractivity contribution < 1.29 is 32.1 Å². The van der Waals surface area contributed by atoms with Crippen LogP contribution in [0.1, 0.15) is 19.9 Å². The van der Waals surface area contributed by atoms with Crippen LogP contribution < -0.4 is 15.4 Å². The second-order valence-corrected chi connectivity index (χ2v) is 17.8. The number of alkyl halides is 2. The Morgan fingerprint density at radius 1 is 1.14 bits per heavy atom. The Morgan fingerprint density at radius 2 is 1.84 bits per heavy atom. The summed E-state index contributed by atoms with van der Waals surface area (Å²) in [6.45, 7) is 9.25. The Bertz CT molecular complexity index is 1600. The van der Waals surface area contributed by atoms with Crippen LogP contribution in [0.5, 0.6) is 11.5 Å². The van der Waals surface area contributed by atoms with Gasteiger partial charge in [-0.05, 0) is 44.2 Å². The van der Waals surface area contributed by atoms with Crippen LogP contribution in [0.4, 0.5) is 23.2 Å². The van der Waals surface area contributed by atoms with Crippen molar-refractivity contribution in [2.45, 2.75) is 58.2 Å². The lowest BCUT2D eigenvalue weighted by atomic mass is 10.1. The van der Waals surface area contributed by atoms with E-state index in [0.717, 1.165) is 23.9 Å². The summed E-state index contributed by atoms with van der Waals surface area (Å²) in [4.78, 5) is 4.54. The maximum Gasteiger partial charge on any atom is 0.287 e. The number of halogens is 4. The molecule has 0 bridgehead atoms. The van der Waals surface area contributed by atoms with Crippen molar-refractivity contribution in [3.8, 4) is 22.8 Å². The molecule has 0 aliphatic carbocycles. The first-order valence-corrected chi connectivity index (χ1v) is 18.1. The molecule has 238 valence electrons. The molecule has 0 saturated heterocycles. The fraction of sp³-hybridized carbons (Fsp3) is 0.414. The molecule has 0 aliphatic heterocycles. The Hall–Kier alpha value is -3.53. The number of fused-ring (bicyclic) bond motifs is 1. The van der Waals surface area contributed by atoms with Crippen molar-refractivity contribution in [1.29, 1.82) is 0 Å². The highest BCUT2D eigenvalue weighted by molar-refractivity contribution is 7.80. The van der Waals surface area contributed by atoms with Crippen LogP contribution in [0.15, 0.2) is 42.9 Å². The van der Waals surface area contributed by atoms with Gasteiger partial charge in [0, 0.05) is 62.7 Å². The molecule has 9 nitrogen and oxygen atoms in total. The van der Waals surface area contributed by atoms with Gasteiger partial charge in [0.1, 0.15) is 24.7 Å². The monoisotopic (exact) mass is 652 g/mol. The molecule has 0 aliphatic rings. The van der Waals surface area contributed by atoms with Gasteiger partial charge in [-0.25, -0.2) is 22.5 Å². The minimum Gasteiger partial charge on any atom is -0.450 e. The molecule has 3 heterocycles. The zero-order chi connectivity index (χ0) is 32.2. The number of anilines is 1. The minimum atomic E-state index is -3.42. The fourth-order valence-corrected chi connectivity index (χ4v) is 5.27. The number of benzene rings is 1. The van der Waals surface area contributed by atoms with Gasteiger partial charge in [-0.15, -0.1) is 0 Å². The van der Waals surface area contributed by atoms with Gasteiger partial charge in [0.25, 0.3) is 5.92 Å². The zero-order valence-corrected chi connectivity index (χ0v) is 26.9. The molecular weight excluding hydrogens is 617 g/mol. The van der Waals surface area contributed by atoms with Crippen molar-refractivity contribution in [2.75, 3.05) is 25.1 Å². The molecule has 44 heavy (non-hydrogen) atoms. The van der Waals surface area contributed by atoms with Crippen LogP contribution in [0.3, 0.4) is 0 Å². The van der Waals surface area contributed by atoms with Gasteiger partial charge in [0.05, 0.1) is 17.6 Å². The molecule has 0 unspecified atom stereocenters.